The molecule has 0 spiro atoms. The Morgan fingerprint density at radius 3 is 2.48 bits per heavy atom. The van der Waals surface area contributed by atoms with Gasteiger partial charge >= 0.3 is 0 Å². The number of hydrogen-bond donors (Lipinski definition) is 0. The summed E-state index contributed by atoms with van der Waals surface area (Å²) in [5.41, 5.74) is 6.88. The lowest BCUT2D eigenvalue weighted by Crippen LogP contribution is -2.29. The maximum absolute atomic E-state index is 5.71. The highest BCUT2D eigenvalue weighted by Gasteiger charge is 2.22. The van der Waals surface area contributed by atoms with Crippen LogP contribution in [0.4, 0.5) is 5.69 Å². The number of benzene rings is 3. The quantitative estimate of drug-likeness (QED) is 0.387. The van der Waals surface area contributed by atoms with Crippen molar-refractivity contribution in [2.45, 2.75) is 26.3 Å². The highest BCUT2D eigenvalue weighted by atomic mass is 79.9. The SMILES string of the molecule is C#CCOc1ccc2c(c1)C(c1ccc(C(C)C)cc1)=NCN2Cc1ccc(Br)cc1. The van der Waals surface area contributed by atoms with Gasteiger partial charge in [-0.1, -0.05) is 72.1 Å². The molecule has 156 valence electrons. The second-order valence-corrected chi connectivity index (χ2v) is 8.84. The smallest absolute Gasteiger partial charge is 0.148 e. The van der Waals surface area contributed by atoms with E-state index in [4.69, 9.17) is 16.2 Å². The fourth-order valence-electron chi connectivity index (χ4n) is 3.73. The molecule has 0 fully saturated rings. The Kier molecular flexibility index (Phi) is 6.44. The van der Waals surface area contributed by atoms with E-state index < -0.39 is 0 Å². The largest absolute Gasteiger partial charge is 0.481 e. The van der Waals surface area contributed by atoms with Gasteiger partial charge in [0.25, 0.3) is 0 Å². The zero-order valence-corrected chi connectivity index (χ0v) is 19.4. The van der Waals surface area contributed by atoms with Crippen LogP contribution < -0.4 is 9.64 Å². The Bertz CT molecular complexity index is 1130. The molecule has 0 unspecified atom stereocenters. The third-order valence-electron chi connectivity index (χ3n) is 5.42. The summed E-state index contributed by atoms with van der Waals surface area (Å²) in [6, 6.07) is 23.3. The fraction of sp³-hybridized carbons (Fsp3) is 0.222. The number of ether oxygens (including phenoxy) is 1. The number of nitrogens with zero attached hydrogens (tertiary/aromatic N) is 2. The van der Waals surface area contributed by atoms with Crippen LogP contribution in [0.2, 0.25) is 0 Å². The highest BCUT2D eigenvalue weighted by Crippen LogP contribution is 2.33. The van der Waals surface area contributed by atoms with E-state index in [1.165, 1.54) is 11.1 Å². The van der Waals surface area contributed by atoms with E-state index >= 15 is 0 Å². The van der Waals surface area contributed by atoms with Gasteiger partial charge < -0.3 is 9.64 Å². The Morgan fingerprint density at radius 1 is 1.06 bits per heavy atom. The maximum atomic E-state index is 5.71. The molecule has 4 rings (SSSR count). The van der Waals surface area contributed by atoms with E-state index in [0.717, 1.165) is 39.3 Å². The molecule has 1 aliphatic heterocycles. The van der Waals surface area contributed by atoms with Crippen LogP contribution in [0.5, 0.6) is 5.75 Å². The topological polar surface area (TPSA) is 24.8 Å². The molecule has 3 aromatic carbocycles. The molecular weight excluding hydrogens is 448 g/mol. The average molecular weight is 473 g/mol. The standard InChI is InChI=1S/C27H25BrN2O/c1-4-15-31-24-13-14-26-25(16-24)27(22-9-7-21(8-10-22)19(2)3)29-18-30(26)17-20-5-11-23(28)12-6-20/h1,5-14,16,19H,15,17-18H2,2-3H3. The highest BCUT2D eigenvalue weighted by molar-refractivity contribution is 9.10. The molecule has 0 amide bonds. The van der Waals surface area contributed by atoms with Gasteiger partial charge in [0.2, 0.25) is 0 Å². The van der Waals surface area contributed by atoms with E-state index in [-0.39, 0.29) is 6.61 Å². The minimum Gasteiger partial charge on any atom is -0.481 e. The van der Waals surface area contributed by atoms with E-state index in [1.807, 2.05) is 6.07 Å². The molecule has 0 aliphatic carbocycles. The van der Waals surface area contributed by atoms with Crippen molar-refractivity contribution >= 4 is 27.3 Å². The third-order valence-corrected chi connectivity index (χ3v) is 5.95. The van der Waals surface area contributed by atoms with E-state index in [1.54, 1.807) is 0 Å². The molecule has 31 heavy (non-hydrogen) atoms. The van der Waals surface area contributed by atoms with Gasteiger partial charge in [-0.25, -0.2) is 0 Å². The number of aliphatic imine (C=N–C) groups is 1. The number of hydrogen-bond acceptors (Lipinski definition) is 3. The van der Waals surface area contributed by atoms with Gasteiger partial charge in [0, 0.05) is 27.8 Å². The minimum atomic E-state index is 0.247. The van der Waals surface area contributed by atoms with Gasteiger partial charge in [-0.15, -0.1) is 6.42 Å². The van der Waals surface area contributed by atoms with Crippen LogP contribution in [0, 0.1) is 12.3 Å². The first-order chi connectivity index (χ1) is 15.0. The van der Waals surface area contributed by atoms with Gasteiger partial charge in [0.1, 0.15) is 19.0 Å². The van der Waals surface area contributed by atoms with Gasteiger partial charge in [0.15, 0.2) is 0 Å². The lowest BCUT2D eigenvalue weighted by molar-refractivity contribution is 0.370. The van der Waals surface area contributed by atoms with Crippen molar-refractivity contribution in [3.63, 3.8) is 0 Å². The molecule has 1 aliphatic rings. The van der Waals surface area contributed by atoms with Gasteiger partial charge in [-0.05, 0) is 47.4 Å². The summed E-state index contributed by atoms with van der Waals surface area (Å²) in [6.07, 6.45) is 5.38. The Balaban J connectivity index is 1.70. The molecule has 0 atom stereocenters. The molecule has 3 aromatic rings. The van der Waals surface area contributed by atoms with Crippen LogP contribution in [0.25, 0.3) is 0 Å². The Labute approximate surface area is 192 Å². The van der Waals surface area contributed by atoms with Crippen molar-refractivity contribution < 1.29 is 4.74 Å². The van der Waals surface area contributed by atoms with Crippen molar-refractivity contribution in [2.24, 2.45) is 4.99 Å². The molecule has 0 saturated heterocycles. The van der Waals surface area contributed by atoms with Crippen molar-refractivity contribution in [2.75, 3.05) is 18.2 Å². The molecule has 0 radical (unpaired) electrons. The van der Waals surface area contributed by atoms with E-state index in [2.05, 4.69) is 101 Å². The van der Waals surface area contributed by atoms with Crippen LogP contribution in [0.3, 0.4) is 0 Å². The Hall–Kier alpha value is -3.03. The first-order valence-electron chi connectivity index (χ1n) is 10.4. The first-order valence-corrected chi connectivity index (χ1v) is 11.2. The molecule has 0 bridgehead atoms. The van der Waals surface area contributed by atoms with Crippen LogP contribution in [-0.4, -0.2) is 19.0 Å². The number of halogens is 1. The predicted octanol–water partition coefficient (Wildman–Crippen LogP) is 6.40. The molecule has 4 heteroatoms. The van der Waals surface area contributed by atoms with Crippen LogP contribution in [-0.2, 0) is 6.54 Å². The second-order valence-electron chi connectivity index (χ2n) is 7.92. The normalized spacial score (nSPS) is 12.9. The summed E-state index contributed by atoms with van der Waals surface area (Å²) in [5.74, 6) is 3.79. The number of anilines is 1. The van der Waals surface area contributed by atoms with Crippen molar-refractivity contribution in [1.29, 1.82) is 0 Å². The molecule has 0 aromatic heterocycles. The fourth-order valence-corrected chi connectivity index (χ4v) is 4.00. The van der Waals surface area contributed by atoms with Crippen molar-refractivity contribution in [3.05, 3.63) is 93.5 Å². The van der Waals surface area contributed by atoms with E-state index in [9.17, 15) is 0 Å². The summed E-state index contributed by atoms with van der Waals surface area (Å²) >= 11 is 3.51. The zero-order chi connectivity index (χ0) is 21.8. The van der Waals surface area contributed by atoms with Gasteiger partial charge in [-0.3, -0.25) is 4.99 Å². The summed E-state index contributed by atoms with van der Waals surface area (Å²) in [4.78, 5) is 7.26. The van der Waals surface area contributed by atoms with Crippen molar-refractivity contribution in [3.8, 4) is 18.1 Å². The summed E-state index contributed by atoms with van der Waals surface area (Å²) in [7, 11) is 0. The number of terminal acetylenes is 1. The zero-order valence-electron chi connectivity index (χ0n) is 17.8. The Morgan fingerprint density at radius 2 is 1.81 bits per heavy atom. The molecule has 0 saturated carbocycles. The van der Waals surface area contributed by atoms with Crippen molar-refractivity contribution in [1.82, 2.24) is 0 Å². The monoisotopic (exact) mass is 472 g/mol. The molecule has 1 heterocycles. The molecule has 3 nitrogen and oxygen atoms in total. The number of rotatable bonds is 6. The molecular formula is C27H25BrN2O. The lowest BCUT2D eigenvalue weighted by Gasteiger charge is -2.31. The number of fused-ring (bicyclic) bond motifs is 1. The van der Waals surface area contributed by atoms with Crippen LogP contribution >= 0.6 is 15.9 Å². The van der Waals surface area contributed by atoms with Gasteiger partial charge in [0.05, 0.1) is 5.71 Å². The van der Waals surface area contributed by atoms with Crippen LogP contribution in [0.1, 0.15) is 42.0 Å². The summed E-state index contributed by atoms with van der Waals surface area (Å²) in [6.45, 7) is 6.05. The van der Waals surface area contributed by atoms with Gasteiger partial charge in [-0.2, -0.15) is 0 Å². The minimum absolute atomic E-state index is 0.247. The average Bonchev–Trinajstić information content (AvgIpc) is 2.79. The van der Waals surface area contributed by atoms with E-state index in [0.29, 0.717) is 12.6 Å². The lowest BCUT2D eigenvalue weighted by atomic mass is 9.95. The third kappa shape index (κ3) is 4.84. The first kappa shape index (κ1) is 21.2. The summed E-state index contributed by atoms with van der Waals surface area (Å²) < 4.78 is 6.79. The van der Waals surface area contributed by atoms with Crippen LogP contribution in [0.15, 0.2) is 76.2 Å². The predicted molar refractivity (Wildman–Crippen MR) is 132 cm³/mol. The second kappa shape index (κ2) is 9.41. The maximum Gasteiger partial charge on any atom is 0.148 e. The summed E-state index contributed by atoms with van der Waals surface area (Å²) in [5, 5.41) is 0. The molecule has 0 N–H and O–H groups in total.